The van der Waals surface area contributed by atoms with Crippen molar-refractivity contribution in [1.29, 1.82) is 0 Å². The molecule has 0 radical (unpaired) electrons. The summed E-state index contributed by atoms with van der Waals surface area (Å²) in [5.74, 6) is 0. The molecule has 1 N–H and O–H groups in total. The van der Waals surface area contributed by atoms with Crippen molar-refractivity contribution in [1.82, 2.24) is 14.9 Å². The van der Waals surface area contributed by atoms with Crippen molar-refractivity contribution >= 4 is 11.3 Å². The zero-order valence-corrected chi connectivity index (χ0v) is 10.7. The maximum absolute atomic E-state index is 4.97. The first-order chi connectivity index (χ1) is 8.38. The minimum atomic E-state index is 0.732. The minimum absolute atomic E-state index is 0.732. The van der Waals surface area contributed by atoms with E-state index in [1.807, 2.05) is 6.33 Å². The van der Waals surface area contributed by atoms with Gasteiger partial charge in [0.05, 0.1) is 18.6 Å². The molecule has 0 aromatic carbocycles. The number of imidazole rings is 1. The zero-order valence-electron chi connectivity index (χ0n) is 9.93. The summed E-state index contributed by atoms with van der Waals surface area (Å²) in [6, 6.07) is 2.14. The molecule has 17 heavy (non-hydrogen) atoms. The lowest BCUT2D eigenvalue weighted by Crippen LogP contribution is -2.18. The summed E-state index contributed by atoms with van der Waals surface area (Å²) in [7, 11) is 1.71. The second kappa shape index (κ2) is 6.54. The summed E-state index contributed by atoms with van der Waals surface area (Å²) in [5, 5.41) is 7.54. The van der Waals surface area contributed by atoms with Crippen LogP contribution in [0.2, 0.25) is 0 Å². The Bertz CT molecular complexity index is 425. The van der Waals surface area contributed by atoms with Gasteiger partial charge in [0, 0.05) is 32.9 Å². The van der Waals surface area contributed by atoms with E-state index in [1.54, 1.807) is 18.4 Å². The number of nitrogens with zero attached hydrogens (tertiary/aromatic N) is 2. The van der Waals surface area contributed by atoms with Gasteiger partial charge in [-0.15, -0.1) is 0 Å². The van der Waals surface area contributed by atoms with Gasteiger partial charge in [-0.1, -0.05) is 0 Å². The quantitative estimate of drug-likeness (QED) is 0.762. The first kappa shape index (κ1) is 12.3. The van der Waals surface area contributed by atoms with Gasteiger partial charge < -0.3 is 14.6 Å². The standard InChI is InChI=1S/C12H17N3OS/c1-16-4-3-13-6-12-8-15(10-14-12)7-11-2-5-17-9-11/h2,5,8-10,13H,3-4,6-7H2,1H3. The van der Waals surface area contributed by atoms with Crippen LogP contribution < -0.4 is 5.32 Å². The van der Waals surface area contributed by atoms with Crippen LogP contribution in [0.1, 0.15) is 11.3 Å². The Kier molecular flexibility index (Phi) is 4.73. The molecular formula is C12H17N3OS. The van der Waals surface area contributed by atoms with Gasteiger partial charge in [0.2, 0.25) is 0 Å². The summed E-state index contributed by atoms with van der Waals surface area (Å²) in [6.07, 6.45) is 3.96. The topological polar surface area (TPSA) is 39.1 Å². The minimum Gasteiger partial charge on any atom is -0.383 e. The van der Waals surface area contributed by atoms with E-state index in [0.29, 0.717) is 0 Å². The normalized spacial score (nSPS) is 10.9. The Morgan fingerprint density at radius 1 is 1.53 bits per heavy atom. The van der Waals surface area contributed by atoms with Crippen LogP contribution in [0.5, 0.6) is 0 Å². The van der Waals surface area contributed by atoms with E-state index in [1.165, 1.54) is 5.56 Å². The van der Waals surface area contributed by atoms with Gasteiger partial charge in [-0.05, 0) is 22.4 Å². The molecule has 2 aromatic rings. The third-order valence-corrected chi connectivity index (χ3v) is 3.15. The lowest BCUT2D eigenvalue weighted by atomic mass is 10.3. The number of aromatic nitrogens is 2. The van der Waals surface area contributed by atoms with E-state index in [0.717, 1.165) is 31.9 Å². The van der Waals surface area contributed by atoms with Gasteiger partial charge in [0.1, 0.15) is 0 Å². The molecule has 0 bridgehead atoms. The number of hydrogen-bond donors (Lipinski definition) is 1. The fourth-order valence-corrected chi connectivity index (χ4v) is 2.23. The maximum Gasteiger partial charge on any atom is 0.0953 e. The van der Waals surface area contributed by atoms with Crippen molar-refractivity contribution in [2.75, 3.05) is 20.3 Å². The highest BCUT2D eigenvalue weighted by Gasteiger charge is 1.99. The molecule has 0 aliphatic heterocycles. The molecule has 0 fully saturated rings. The van der Waals surface area contributed by atoms with Crippen molar-refractivity contribution in [3.8, 4) is 0 Å². The number of methoxy groups -OCH3 is 1. The summed E-state index contributed by atoms with van der Waals surface area (Å²) < 4.78 is 7.07. The van der Waals surface area contributed by atoms with Crippen LogP contribution in [0.15, 0.2) is 29.4 Å². The smallest absolute Gasteiger partial charge is 0.0953 e. The molecule has 0 saturated carbocycles. The number of nitrogens with one attached hydrogen (secondary N) is 1. The van der Waals surface area contributed by atoms with E-state index in [9.17, 15) is 0 Å². The van der Waals surface area contributed by atoms with E-state index in [2.05, 4.69) is 37.9 Å². The number of rotatable bonds is 7. The molecule has 0 spiro atoms. The molecule has 0 amide bonds. The van der Waals surface area contributed by atoms with Crippen LogP contribution in [0.4, 0.5) is 0 Å². The molecule has 0 atom stereocenters. The lowest BCUT2D eigenvalue weighted by molar-refractivity contribution is 0.199. The third kappa shape index (κ3) is 3.96. The van der Waals surface area contributed by atoms with E-state index in [4.69, 9.17) is 4.74 Å². The number of hydrogen-bond acceptors (Lipinski definition) is 4. The Morgan fingerprint density at radius 3 is 3.24 bits per heavy atom. The highest BCUT2D eigenvalue weighted by Crippen LogP contribution is 2.08. The van der Waals surface area contributed by atoms with E-state index < -0.39 is 0 Å². The molecule has 0 aliphatic rings. The monoisotopic (exact) mass is 251 g/mol. The van der Waals surface area contributed by atoms with Crippen LogP contribution >= 0.6 is 11.3 Å². The largest absolute Gasteiger partial charge is 0.383 e. The summed E-state index contributed by atoms with van der Waals surface area (Å²) >= 11 is 1.73. The van der Waals surface area contributed by atoms with Crippen LogP contribution in [-0.4, -0.2) is 29.8 Å². The average molecular weight is 251 g/mol. The highest BCUT2D eigenvalue weighted by molar-refractivity contribution is 7.07. The van der Waals surface area contributed by atoms with Gasteiger partial charge in [0.15, 0.2) is 0 Å². The van der Waals surface area contributed by atoms with Gasteiger partial charge in [-0.2, -0.15) is 11.3 Å². The summed E-state index contributed by atoms with van der Waals surface area (Å²) in [5.41, 5.74) is 2.39. The molecule has 4 nitrogen and oxygen atoms in total. The molecule has 2 aromatic heterocycles. The Hall–Kier alpha value is -1.17. The van der Waals surface area contributed by atoms with Gasteiger partial charge in [-0.25, -0.2) is 4.98 Å². The first-order valence-electron chi connectivity index (χ1n) is 5.60. The molecule has 0 aliphatic carbocycles. The van der Waals surface area contributed by atoms with E-state index in [-0.39, 0.29) is 0 Å². The number of thiophene rings is 1. The van der Waals surface area contributed by atoms with Gasteiger partial charge in [0.25, 0.3) is 0 Å². The van der Waals surface area contributed by atoms with Crippen molar-refractivity contribution in [2.45, 2.75) is 13.1 Å². The molecular weight excluding hydrogens is 234 g/mol. The fraction of sp³-hybridized carbons (Fsp3) is 0.417. The molecule has 2 heterocycles. The van der Waals surface area contributed by atoms with Gasteiger partial charge in [-0.3, -0.25) is 0 Å². The average Bonchev–Trinajstić information content (AvgIpc) is 2.97. The fourth-order valence-electron chi connectivity index (χ4n) is 1.57. The molecule has 2 rings (SSSR count). The van der Waals surface area contributed by atoms with Gasteiger partial charge >= 0.3 is 0 Å². The zero-order chi connectivity index (χ0) is 11.9. The summed E-state index contributed by atoms with van der Waals surface area (Å²) in [4.78, 5) is 4.36. The first-order valence-corrected chi connectivity index (χ1v) is 6.54. The van der Waals surface area contributed by atoms with Crippen molar-refractivity contribution in [3.05, 3.63) is 40.6 Å². The molecule has 92 valence electrons. The van der Waals surface area contributed by atoms with Crippen LogP contribution in [0, 0.1) is 0 Å². The van der Waals surface area contributed by atoms with Crippen molar-refractivity contribution < 1.29 is 4.74 Å². The van der Waals surface area contributed by atoms with Crippen LogP contribution in [0.3, 0.4) is 0 Å². The Morgan fingerprint density at radius 2 is 2.47 bits per heavy atom. The van der Waals surface area contributed by atoms with Crippen LogP contribution in [-0.2, 0) is 17.8 Å². The van der Waals surface area contributed by atoms with Crippen molar-refractivity contribution in [2.24, 2.45) is 0 Å². The SMILES string of the molecule is COCCNCc1cn(Cc2ccsc2)cn1. The molecule has 5 heteroatoms. The van der Waals surface area contributed by atoms with E-state index >= 15 is 0 Å². The lowest BCUT2D eigenvalue weighted by Gasteiger charge is -2.01. The second-order valence-corrected chi connectivity index (χ2v) is 4.62. The maximum atomic E-state index is 4.97. The predicted molar refractivity (Wildman–Crippen MR) is 69.2 cm³/mol. The molecule has 0 unspecified atom stereocenters. The molecule has 0 saturated heterocycles. The highest BCUT2D eigenvalue weighted by atomic mass is 32.1. The summed E-state index contributed by atoms with van der Waals surface area (Å²) in [6.45, 7) is 3.28. The van der Waals surface area contributed by atoms with Crippen molar-refractivity contribution in [3.63, 3.8) is 0 Å². The Labute approximate surface area is 105 Å². The second-order valence-electron chi connectivity index (χ2n) is 3.84. The Balaban J connectivity index is 1.79. The third-order valence-electron chi connectivity index (χ3n) is 2.42. The van der Waals surface area contributed by atoms with Crippen LogP contribution in [0.25, 0.3) is 0 Å². The number of ether oxygens (including phenoxy) is 1. The predicted octanol–water partition coefficient (Wildman–Crippen LogP) is 1.73.